The lowest BCUT2D eigenvalue weighted by atomic mass is 10.3. The number of aromatic nitrogens is 2. The highest BCUT2D eigenvalue weighted by molar-refractivity contribution is 5.80. The summed E-state index contributed by atoms with van der Waals surface area (Å²) in [6, 6.07) is 8.73. The topological polar surface area (TPSA) is 65.1 Å². The predicted molar refractivity (Wildman–Crippen MR) is 81.9 cm³/mol. The van der Waals surface area contributed by atoms with Gasteiger partial charge in [0.05, 0.1) is 11.0 Å². The Morgan fingerprint density at radius 1 is 1.40 bits per heavy atom. The van der Waals surface area contributed by atoms with Gasteiger partial charge >= 0.3 is 0 Å². The molecule has 2 aromatic rings. The van der Waals surface area contributed by atoms with E-state index in [0.29, 0.717) is 6.04 Å². The molecule has 0 aliphatic heterocycles. The third-order valence-electron chi connectivity index (χ3n) is 3.32. The quantitative estimate of drug-likeness (QED) is 0.574. The number of benzene rings is 1. The Bertz CT molecular complexity index is 564. The third-order valence-corrected chi connectivity index (χ3v) is 3.32. The average molecular weight is 271 g/mol. The van der Waals surface area contributed by atoms with Crippen LogP contribution in [-0.2, 0) is 6.42 Å². The van der Waals surface area contributed by atoms with Crippen LogP contribution in [0.5, 0.6) is 0 Å². The third kappa shape index (κ3) is 3.29. The molecule has 1 aromatic carbocycles. The van der Waals surface area contributed by atoms with E-state index in [0.717, 1.165) is 42.3 Å². The van der Waals surface area contributed by atoms with Crippen LogP contribution in [0.15, 0.2) is 29.3 Å². The first-order valence-electron chi connectivity index (χ1n) is 7.33. The summed E-state index contributed by atoms with van der Waals surface area (Å²) in [5.41, 5.74) is 2.11. The van der Waals surface area contributed by atoms with E-state index in [9.17, 15) is 0 Å². The first kappa shape index (κ1) is 13.0. The summed E-state index contributed by atoms with van der Waals surface area (Å²) in [7, 11) is 0. The second-order valence-electron chi connectivity index (χ2n) is 5.13. The predicted octanol–water partition coefficient (Wildman–Crippen LogP) is 1.82. The number of hydrogen-bond acceptors (Lipinski definition) is 2. The van der Waals surface area contributed by atoms with Gasteiger partial charge in [0.25, 0.3) is 0 Å². The molecule has 0 saturated heterocycles. The second-order valence-corrected chi connectivity index (χ2v) is 5.13. The van der Waals surface area contributed by atoms with E-state index in [-0.39, 0.29) is 0 Å². The summed E-state index contributed by atoms with van der Waals surface area (Å²) < 4.78 is 0. The summed E-state index contributed by atoms with van der Waals surface area (Å²) in [6.07, 6.45) is 3.35. The number of aliphatic imine (C=N–C) groups is 1. The van der Waals surface area contributed by atoms with E-state index in [4.69, 9.17) is 0 Å². The molecule has 0 amide bonds. The normalized spacial score (nSPS) is 15.6. The molecule has 5 heteroatoms. The largest absolute Gasteiger partial charge is 0.357 e. The maximum absolute atomic E-state index is 4.59. The van der Waals surface area contributed by atoms with Crippen LogP contribution in [0.25, 0.3) is 11.0 Å². The highest BCUT2D eigenvalue weighted by Crippen LogP contribution is 2.18. The molecule has 1 fully saturated rings. The van der Waals surface area contributed by atoms with Gasteiger partial charge in [-0.25, -0.2) is 4.98 Å². The maximum Gasteiger partial charge on any atom is 0.191 e. The van der Waals surface area contributed by atoms with Gasteiger partial charge in [-0.3, -0.25) is 4.99 Å². The van der Waals surface area contributed by atoms with Crippen LogP contribution in [-0.4, -0.2) is 35.1 Å². The van der Waals surface area contributed by atoms with Crippen LogP contribution < -0.4 is 10.6 Å². The van der Waals surface area contributed by atoms with Gasteiger partial charge in [0, 0.05) is 25.6 Å². The highest BCUT2D eigenvalue weighted by Gasteiger charge is 2.21. The molecule has 3 rings (SSSR count). The number of hydrogen-bond donors (Lipinski definition) is 3. The van der Waals surface area contributed by atoms with Crippen LogP contribution in [0.4, 0.5) is 0 Å². The minimum atomic E-state index is 0.624. The van der Waals surface area contributed by atoms with Crippen molar-refractivity contribution in [1.82, 2.24) is 20.6 Å². The zero-order valence-corrected chi connectivity index (χ0v) is 11.8. The maximum atomic E-state index is 4.59. The van der Waals surface area contributed by atoms with E-state index in [2.05, 4.69) is 32.5 Å². The van der Waals surface area contributed by atoms with Crippen molar-refractivity contribution in [3.8, 4) is 0 Å². The molecule has 1 aromatic heterocycles. The van der Waals surface area contributed by atoms with Gasteiger partial charge in [-0.2, -0.15) is 0 Å². The molecule has 0 bridgehead atoms. The molecule has 0 radical (unpaired) electrons. The zero-order chi connectivity index (χ0) is 13.8. The van der Waals surface area contributed by atoms with Crippen molar-refractivity contribution in [3.05, 3.63) is 30.1 Å². The molecule has 3 N–H and O–H groups in total. The Labute approximate surface area is 118 Å². The molecule has 0 atom stereocenters. The molecule has 20 heavy (non-hydrogen) atoms. The Morgan fingerprint density at radius 2 is 2.25 bits per heavy atom. The number of imidazole rings is 1. The number of guanidine groups is 1. The van der Waals surface area contributed by atoms with Gasteiger partial charge in [-0.05, 0) is 31.9 Å². The molecule has 1 heterocycles. The summed E-state index contributed by atoms with van der Waals surface area (Å²) in [5, 5.41) is 6.69. The van der Waals surface area contributed by atoms with Gasteiger partial charge in [-0.1, -0.05) is 12.1 Å². The molecule has 1 saturated carbocycles. The number of nitrogens with one attached hydrogen (secondary N) is 3. The summed E-state index contributed by atoms with van der Waals surface area (Å²) in [6.45, 7) is 3.72. The Morgan fingerprint density at radius 3 is 3.00 bits per heavy atom. The van der Waals surface area contributed by atoms with Gasteiger partial charge < -0.3 is 15.6 Å². The van der Waals surface area contributed by atoms with Crippen LogP contribution in [0.1, 0.15) is 25.6 Å². The van der Waals surface area contributed by atoms with Gasteiger partial charge in [0.2, 0.25) is 0 Å². The van der Waals surface area contributed by atoms with E-state index >= 15 is 0 Å². The Hall–Kier alpha value is -2.04. The van der Waals surface area contributed by atoms with E-state index in [1.54, 1.807) is 0 Å². The number of rotatable bonds is 5. The molecule has 5 nitrogen and oxygen atoms in total. The highest BCUT2D eigenvalue weighted by atomic mass is 15.2. The van der Waals surface area contributed by atoms with Crippen LogP contribution in [0.2, 0.25) is 0 Å². The fourth-order valence-electron chi connectivity index (χ4n) is 2.14. The standard InChI is InChI=1S/C15H21N5/c1-2-16-15(18-11-7-8-11)17-10-9-14-19-12-5-3-4-6-13(12)20-14/h3-6,11H,2,7-10H2,1H3,(H,19,20)(H2,16,17,18). The van der Waals surface area contributed by atoms with Gasteiger partial charge in [-0.15, -0.1) is 0 Å². The van der Waals surface area contributed by atoms with Crippen molar-refractivity contribution in [1.29, 1.82) is 0 Å². The number of fused-ring (bicyclic) bond motifs is 1. The van der Waals surface area contributed by atoms with Crippen molar-refractivity contribution < 1.29 is 0 Å². The monoisotopic (exact) mass is 271 g/mol. The molecule has 0 spiro atoms. The number of nitrogens with zero attached hydrogens (tertiary/aromatic N) is 2. The average Bonchev–Trinajstić information content (AvgIpc) is 3.16. The SMILES string of the molecule is CCNC(=NCCc1nc2ccccc2[nH]1)NC1CC1. The molecule has 106 valence electrons. The first-order valence-corrected chi connectivity index (χ1v) is 7.33. The Balaban J connectivity index is 1.59. The first-order chi connectivity index (χ1) is 9.85. The van der Waals surface area contributed by atoms with Gasteiger partial charge in [0.15, 0.2) is 5.96 Å². The van der Waals surface area contributed by atoms with Crippen molar-refractivity contribution in [2.45, 2.75) is 32.2 Å². The number of H-pyrrole nitrogens is 1. The molecular formula is C15H21N5. The number of aromatic amines is 1. The van der Waals surface area contributed by atoms with Crippen LogP contribution >= 0.6 is 0 Å². The van der Waals surface area contributed by atoms with E-state index in [1.807, 2.05) is 24.3 Å². The fourth-order valence-corrected chi connectivity index (χ4v) is 2.14. The van der Waals surface area contributed by atoms with E-state index < -0.39 is 0 Å². The minimum absolute atomic E-state index is 0.624. The molecule has 1 aliphatic rings. The summed E-state index contributed by atoms with van der Waals surface area (Å²) in [5.74, 6) is 1.92. The number of para-hydroxylation sites is 2. The van der Waals surface area contributed by atoms with Crippen LogP contribution in [0.3, 0.4) is 0 Å². The Kier molecular flexibility index (Phi) is 3.85. The lowest BCUT2D eigenvalue weighted by Crippen LogP contribution is -2.38. The van der Waals surface area contributed by atoms with Crippen molar-refractivity contribution in [3.63, 3.8) is 0 Å². The second kappa shape index (κ2) is 5.94. The lowest BCUT2D eigenvalue weighted by Gasteiger charge is -2.09. The van der Waals surface area contributed by atoms with Crippen LogP contribution in [0, 0.1) is 0 Å². The lowest BCUT2D eigenvalue weighted by molar-refractivity contribution is 0.802. The van der Waals surface area contributed by atoms with Gasteiger partial charge in [0.1, 0.15) is 5.82 Å². The molecule has 1 aliphatic carbocycles. The molecular weight excluding hydrogens is 250 g/mol. The minimum Gasteiger partial charge on any atom is -0.357 e. The van der Waals surface area contributed by atoms with Crippen molar-refractivity contribution >= 4 is 17.0 Å². The smallest absolute Gasteiger partial charge is 0.191 e. The zero-order valence-electron chi connectivity index (χ0n) is 11.8. The van der Waals surface area contributed by atoms with E-state index in [1.165, 1.54) is 12.8 Å². The fraction of sp³-hybridized carbons (Fsp3) is 0.467. The molecule has 0 unspecified atom stereocenters. The van der Waals surface area contributed by atoms with Crippen molar-refractivity contribution in [2.24, 2.45) is 4.99 Å². The summed E-state index contributed by atoms with van der Waals surface area (Å²) in [4.78, 5) is 12.5. The summed E-state index contributed by atoms with van der Waals surface area (Å²) >= 11 is 0. The van der Waals surface area contributed by atoms with Crippen molar-refractivity contribution in [2.75, 3.05) is 13.1 Å².